The van der Waals surface area contributed by atoms with E-state index in [1.54, 1.807) is 48.9 Å². The lowest BCUT2D eigenvalue weighted by Crippen LogP contribution is -2.17. The molecule has 0 atom stereocenters. The number of fused-ring (bicyclic) bond motifs is 1. The number of rotatable bonds is 6. The highest BCUT2D eigenvalue weighted by Gasteiger charge is 2.27. The number of nitrogens with zero attached hydrogens (tertiary/aromatic N) is 2. The van der Waals surface area contributed by atoms with Crippen molar-refractivity contribution < 1.29 is 19.4 Å². The number of methoxy groups -OCH3 is 1. The molecule has 32 heavy (non-hydrogen) atoms. The van der Waals surface area contributed by atoms with Gasteiger partial charge in [0.2, 0.25) is 0 Å². The maximum Gasteiger partial charge on any atom is 0.339 e. The second-order valence-corrected chi connectivity index (χ2v) is 8.87. The number of hydrogen-bond donors (Lipinski definition) is 2. The first-order chi connectivity index (χ1) is 15.4. The van der Waals surface area contributed by atoms with E-state index in [2.05, 4.69) is 10.5 Å². The molecule has 1 aromatic carbocycles. The number of hydrazone groups is 1. The van der Waals surface area contributed by atoms with Crippen molar-refractivity contribution in [1.29, 1.82) is 0 Å². The molecule has 3 aromatic rings. The summed E-state index contributed by atoms with van der Waals surface area (Å²) in [6.45, 7) is 3.88. The summed E-state index contributed by atoms with van der Waals surface area (Å²) < 4.78 is 7.13. The Morgan fingerprint density at radius 1 is 1.22 bits per heavy atom. The van der Waals surface area contributed by atoms with Crippen molar-refractivity contribution in [2.75, 3.05) is 7.11 Å². The fraction of sp³-hybridized carbons (Fsp3) is 0.292. The maximum atomic E-state index is 12.4. The Morgan fingerprint density at radius 3 is 2.75 bits per heavy atom. The zero-order chi connectivity index (χ0) is 22.8. The van der Waals surface area contributed by atoms with Gasteiger partial charge in [0, 0.05) is 27.4 Å². The minimum atomic E-state index is -0.882. The highest BCUT2D eigenvalue weighted by atomic mass is 32.1. The molecule has 1 aliphatic rings. The van der Waals surface area contributed by atoms with E-state index in [-0.39, 0.29) is 5.91 Å². The summed E-state index contributed by atoms with van der Waals surface area (Å²) in [6, 6.07) is 8.78. The van der Waals surface area contributed by atoms with Crippen LogP contribution in [0.4, 0.5) is 0 Å². The van der Waals surface area contributed by atoms with E-state index in [0.717, 1.165) is 53.2 Å². The zero-order valence-electron chi connectivity index (χ0n) is 18.3. The van der Waals surface area contributed by atoms with Crippen molar-refractivity contribution >= 4 is 29.4 Å². The summed E-state index contributed by atoms with van der Waals surface area (Å²) in [7, 11) is 1.55. The first kappa shape index (κ1) is 21.8. The number of nitrogens with one attached hydrogen (secondary N) is 1. The van der Waals surface area contributed by atoms with Gasteiger partial charge in [0.05, 0.1) is 18.9 Å². The van der Waals surface area contributed by atoms with Gasteiger partial charge in [0.1, 0.15) is 10.8 Å². The third kappa shape index (κ3) is 4.05. The third-order valence-corrected chi connectivity index (χ3v) is 7.02. The average Bonchev–Trinajstić information content (AvgIpc) is 3.30. The van der Waals surface area contributed by atoms with Gasteiger partial charge in [-0.1, -0.05) is 6.07 Å². The van der Waals surface area contributed by atoms with Crippen LogP contribution in [0.2, 0.25) is 0 Å². The predicted molar refractivity (Wildman–Crippen MR) is 125 cm³/mol. The molecule has 0 aliphatic heterocycles. The molecule has 7 nitrogen and oxygen atoms in total. The lowest BCUT2D eigenvalue weighted by Gasteiger charge is -2.11. The molecule has 8 heteroatoms. The zero-order valence-corrected chi connectivity index (χ0v) is 19.1. The SMILES string of the molecule is COc1cccc(C(=O)N/N=C\c2cc(C)n(-c3sc4c(c3C(=O)O)CCCC4)c2C)c1. The number of carboxylic acids is 1. The molecule has 0 saturated heterocycles. The lowest BCUT2D eigenvalue weighted by atomic mass is 9.95. The molecule has 0 unspecified atom stereocenters. The Morgan fingerprint density at radius 2 is 2.00 bits per heavy atom. The van der Waals surface area contributed by atoms with Crippen molar-refractivity contribution in [3.8, 4) is 10.8 Å². The lowest BCUT2D eigenvalue weighted by molar-refractivity contribution is 0.0695. The monoisotopic (exact) mass is 451 g/mol. The van der Waals surface area contributed by atoms with Crippen LogP contribution in [0.15, 0.2) is 35.4 Å². The van der Waals surface area contributed by atoms with Gasteiger partial charge in [-0.25, -0.2) is 10.2 Å². The summed E-state index contributed by atoms with van der Waals surface area (Å²) in [6.07, 6.45) is 5.46. The van der Waals surface area contributed by atoms with Crippen LogP contribution >= 0.6 is 11.3 Å². The van der Waals surface area contributed by atoms with Gasteiger partial charge in [-0.15, -0.1) is 11.3 Å². The largest absolute Gasteiger partial charge is 0.497 e. The van der Waals surface area contributed by atoms with Gasteiger partial charge in [0.15, 0.2) is 0 Å². The van der Waals surface area contributed by atoms with Gasteiger partial charge in [-0.3, -0.25) is 4.79 Å². The molecule has 0 saturated carbocycles. The second kappa shape index (κ2) is 9.00. The number of aromatic carboxylic acids is 1. The second-order valence-electron chi connectivity index (χ2n) is 7.79. The van der Waals surface area contributed by atoms with Crippen LogP contribution in [-0.4, -0.2) is 34.9 Å². The van der Waals surface area contributed by atoms with Crippen LogP contribution in [0.5, 0.6) is 5.75 Å². The number of thiophene rings is 1. The fourth-order valence-electron chi connectivity index (χ4n) is 4.15. The number of hydrogen-bond acceptors (Lipinski definition) is 5. The number of aryl methyl sites for hydroxylation is 2. The first-order valence-corrected chi connectivity index (χ1v) is 11.3. The van der Waals surface area contributed by atoms with Crippen LogP contribution in [0, 0.1) is 13.8 Å². The van der Waals surface area contributed by atoms with Gasteiger partial charge >= 0.3 is 5.97 Å². The molecule has 2 N–H and O–H groups in total. The van der Waals surface area contributed by atoms with Crippen molar-refractivity contribution in [1.82, 2.24) is 9.99 Å². The number of aromatic nitrogens is 1. The Hall–Kier alpha value is -3.39. The molecule has 166 valence electrons. The molecule has 2 aromatic heterocycles. The van der Waals surface area contributed by atoms with Crippen molar-refractivity contribution in [3.63, 3.8) is 0 Å². The van der Waals surface area contributed by atoms with Crippen molar-refractivity contribution in [2.24, 2.45) is 5.10 Å². The third-order valence-electron chi connectivity index (χ3n) is 5.74. The van der Waals surface area contributed by atoms with Crippen LogP contribution < -0.4 is 10.2 Å². The van der Waals surface area contributed by atoms with E-state index >= 15 is 0 Å². The Balaban J connectivity index is 1.61. The van der Waals surface area contributed by atoms with Crippen LogP contribution in [0.25, 0.3) is 5.00 Å². The molecular formula is C24H25N3O4S. The molecule has 0 spiro atoms. The normalized spacial score (nSPS) is 13.2. The Bertz CT molecular complexity index is 1220. The quantitative estimate of drug-likeness (QED) is 0.426. The summed E-state index contributed by atoms with van der Waals surface area (Å²) in [5.74, 6) is -0.626. The van der Waals surface area contributed by atoms with E-state index in [1.165, 1.54) is 4.88 Å². The number of carbonyl (C=O) groups excluding carboxylic acids is 1. The minimum absolute atomic E-state index is 0.340. The first-order valence-electron chi connectivity index (χ1n) is 10.4. The number of benzene rings is 1. The molecule has 2 heterocycles. The highest BCUT2D eigenvalue weighted by Crippen LogP contribution is 2.38. The predicted octanol–water partition coefficient (Wildman–Crippen LogP) is 4.51. The van der Waals surface area contributed by atoms with Crippen molar-refractivity contribution in [2.45, 2.75) is 39.5 Å². The van der Waals surface area contributed by atoms with Gasteiger partial charge in [-0.05, 0) is 69.4 Å². The maximum absolute atomic E-state index is 12.4. The fourth-order valence-corrected chi connectivity index (χ4v) is 5.64. The smallest absolute Gasteiger partial charge is 0.339 e. The molecule has 1 aliphatic carbocycles. The minimum Gasteiger partial charge on any atom is -0.497 e. The van der Waals surface area contributed by atoms with Gasteiger partial charge < -0.3 is 14.4 Å². The van der Waals surface area contributed by atoms with Crippen molar-refractivity contribution in [3.05, 3.63) is 68.9 Å². The van der Waals surface area contributed by atoms with Crippen LogP contribution in [-0.2, 0) is 12.8 Å². The number of carboxylic acid groups (broad SMARTS) is 1. The summed E-state index contributed by atoms with van der Waals surface area (Å²) in [4.78, 5) is 25.6. The summed E-state index contributed by atoms with van der Waals surface area (Å²) in [5.41, 5.74) is 7.00. The molecule has 1 amide bonds. The molecular weight excluding hydrogens is 426 g/mol. The molecule has 4 rings (SSSR count). The van der Waals surface area contributed by atoms with Crippen LogP contribution in [0.1, 0.15) is 60.9 Å². The van der Waals surface area contributed by atoms with E-state index in [9.17, 15) is 14.7 Å². The van der Waals surface area contributed by atoms with E-state index in [0.29, 0.717) is 16.9 Å². The van der Waals surface area contributed by atoms with E-state index in [1.807, 2.05) is 24.5 Å². The Labute approximate surface area is 190 Å². The topological polar surface area (TPSA) is 92.9 Å². The number of amides is 1. The van der Waals surface area contributed by atoms with E-state index in [4.69, 9.17) is 4.74 Å². The molecule has 0 fully saturated rings. The summed E-state index contributed by atoms with van der Waals surface area (Å²) in [5, 5.41) is 14.8. The number of ether oxygens (including phenoxy) is 1. The van der Waals surface area contributed by atoms with E-state index < -0.39 is 5.97 Å². The summed E-state index contributed by atoms with van der Waals surface area (Å²) >= 11 is 1.57. The van der Waals surface area contributed by atoms with Gasteiger partial charge in [-0.2, -0.15) is 5.10 Å². The average molecular weight is 452 g/mol. The molecule has 0 radical (unpaired) electrons. The highest BCUT2D eigenvalue weighted by molar-refractivity contribution is 7.15. The Kier molecular flexibility index (Phi) is 6.14. The van der Waals surface area contributed by atoms with Gasteiger partial charge in [0.25, 0.3) is 5.91 Å². The standard InChI is InChI=1S/C24H25N3O4S/c1-14-11-17(13-25-26-22(28)16-7-6-8-18(12-16)31-3)15(2)27(14)23-21(24(29)30)19-9-4-5-10-20(19)32-23/h6-8,11-13H,4-5,9-10H2,1-3H3,(H,26,28)(H,29,30)/b25-13-. The molecule has 0 bridgehead atoms. The number of carbonyl (C=O) groups is 2. The van der Waals surface area contributed by atoms with Crippen LogP contribution in [0.3, 0.4) is 0 Å².